The van der Waals surface area contributed by atoms with Crippen LogP contribution >= 0.6 is 0 Å². The molecule has 2 aliphatic rings. The van der Waals surface area contributed by atoms with Gasteiger partial charge in [-0.15, -0.1) is 0 Å². The van der Waals surface area contributed by atoms with Gasteiger partial charge in [-0.2, -0.15) is 4.98 Å². The Balaban J connectivity index is 1.67. The topological polar surface area (TPSA) is 138 Å². The lowest BCUT2D eigenvalue weighted by Gasteiger charge is -2.28. The normalized spacial score (nSPS) is 26.9. The number of morpholine rings is 1. The number of fused-ring (bicyclic) bond motifs is 1. The Morgan fingerprint density at radius 1 is 1.44 bits per heavy atom. The molecule has 2 aromatic rings. The zero-order chi connectivity index (χ0) is 19.0. The molecule has 2 aromatic heterocycles. The van der Waals surface area contributed by atoms with Gasteiger partial charge in [0, 0.05) is 19.5 Å². The lowest BCUT2D eigenvalue weighted by atomic mass is 10.2. The molecule has 146 valence electrons. The van der Waals surface area contributed by atoms with E-state index in [0.717, 1.165) is 18.9 Å². The zero-order valence-corrected chi connectivity index (χ0v) is 14.9. The van der Waals surface area contributed by atoms with Gasteiger partial charge in [-0.1, -0.05) is 0 Å². The minimum Gasteiger partial charge on any atom is -0.394 e. The van der Waals surface area contributed by atoms with E-state index in [4.69, 9.17) is 9.47 Å². The lowest BCUT2D eigenvalue weighted by Crippen LogP contribution is -2.39. The number of aromatic amines is 1. The van der Waals surface area contributed by atoms with Crippen LogP contribution in [-0.4, -0.2) is 85.6 Å². The highest BCUT2D eigenvalue weighted by Crippen LogP contribution is 2.30. The van der Waals surface area contributed by atoms with Crippen molar-refractivity contribution in [3.8, 4) is 0 Å². The second-order valence-corrected chi connectivity index (χ2v) is 6.59. The van der Waals surface area contributed by atoms with Crippen molar-refractivity contribution in [2.45, 2.75) is 31.8 Å². The largest absolute Gasteiger partial charge is 0.394 e. The van der Waals surface area contributed by atoms with Crippen molar-refractivity contribution >= 4 is 22.9 Å². The highest BCUT2D eigenvalue weighted by Gasteiger charge is 2.35. The van der Waals surface area contributed by atoms with E-state index in [9.17, 15) is 15.0 Å². The third-order valence-corrected chi connectivity index (χ3v) is 4.85. The van der Waals surface area contributed by atoms with Gasteiger partial charge in [0.05, 0.1) is 32.3 Å². The van der Waals surface area contributed by atoms with Gasteiger partial charge in [0.2, 0.25) is 5.95 Å². The predicted molar refractivity (Wildman–Crippen MR) is 94.9 cm³/mol. The first-order chi connectivity index (χ1) is 13.1. The molecule has 0 saturated carbocycles. The van der Waals surface area contributed by atoms with Crippen molar-refractivity contribution < 1.29 is 19.7 Å². The summed E-state index contributed by atoms with van der Waals surface area (Å²) in [5.74, 6) is 0.912. The van der Waals surface area contributed by atoms with Crippen molar-refractivity contribution in [2.24, 2.45) is 4.99 Å². The summed E-state index contributed by atoms with van der Waals surface area (Å²) >= 11 is 0. The Bertz CT molecular complexity index is 902. The number of imidazole rings is 1. The summed E-state index contributed by atoms with van der Waals surface area (Å²) in [4.78, 5) is 30.0. The molecule has 0 aromatic carbocycles. The monoisotopic (exact) mass is 378 g/mol. The molecule has 27 heavy (non-hydrogen) atoms. The third kappa shape index (κ3) is 3.46. The fourth-order valence-electron chi connectivity index (χ4n) is 3.34. The maximum Gasteiger partial charge on any atom is 0.280 e. The Hall–Kier alpha value is -2.34. The zero-order valence-electron chi connectivity index (χ0n) is 14.9. The van der Waals surface area contributed by atoms with Crippen LogP contribution in [0.15, 0.2) is 16.1 Å². The van der Waals surface area contributed by atoms with E-state index in [0.29, 0.717) is 18.9 Å². The molecule has 0 aliphatic carbocycles. The van der Waals surface area contributed by atoms with Crippen LogP contribution in [0.4, 0.5) is 5.95 Å². The number of aliphatic imine (C=N–C) groups is 1. The van der Waals surface area contributed by atoms with Gasteiger partial charge >= 0.3 is 0 Å². The number of ether oxygens (including phenoxy) is 2. The Morgan fingerprint density at radius 2 is 2.22 bits per heavy atom. The molecule has 2 aliphatic heterocycles. The second-order valence-electron chi connectivity index (χ2n) is 6.59. The summed E-state index contributed by atoms with van der Waals surface area (Å²) < 4.78 is 12.6. The number of hydrogen-bond acceptors (Lipinski definition) is 8. The number of H-pyrrole nitrogens is 1. The molecule has 0 unspecified atom stereocenters. The van der Waals surface area contributed by atoms with E-state index in [2.05, 4.69) is 24.8 Å². The molecule has 3 atom stereocenters. The van der Waals surface area contributed by atoms with Crippen molar-refractivity contribution in [1.29, 1.82) is 0 Å². The van der Waals surface area contributed by atoms with Crippen LogP contribution in [0.3, 0.4) is 0 Å². The Kier molecular flexibility index (Phi) is 4.91. The quantitative estimate of drug-likeness (QED) is 0.463. The fourth-order valence-corrected chi connectivity index (χ4v) is 3.34. The molecule has 2 saturated heterocycles. The smallest absolute Gasteiger partial charge is 0.280 e. The van der Waals surface area contributed by atoms with Crippen LogP contribution in [0, 0.1) is 0 Å². The standard InChI is InChI=1S/C16H22N6O5/c1-9(21-2-4-26-5-3-21)18-16-19-14-13(15(25)20-16)17-8-22(14)12-6-10(24)11(7-23)27-12/h8,10-12,23-24H,2-7H2,1H3,(H,19,20,25)/b18-9+/t10-,11-,12-/m1/s1. The fraction of sp³-hybridized carbons (Fsp3) is 0.625. The molecule has 0 amide bonds. The maximum absolute atomic E-state index is 12.4. The van der Waals surface area contributed by atoms with Gasteiger partial charge in [-0.3, -0.25) is 14.3 Å². The molecule has 2 fully saturated rings. The molecule has 4 rings (SSSR count). The van der Waals surface area contributed by atoms with Crippen LogP contribution < -0.4 is 5.56 Å². The van der Waals surface area contributed by atoms with E-state index < -0.39 is 24.0 Å². The first kappa shape index (κ1) is 18.0. The van der Waals surface area contributed by atoms with Gasteiger partial charge < -0.3 is 24.6 Å². The number of aromatic nitrogens is 4. The van der Waals surface area contributed by atoms with E-state index >= 15 is 0 Å². The van der Waals surface area contributed by atoms with Crippen LogP contribution in [0.5, 0.6) is 0 Å². The van der Waals surface area contributed by atoms with E-state index in [1.807, 2.05) is 6.92 Å². The molecule has 0 spiro atoms. The molecule has 11 nitrogen and oxygen atoms in total. The van der Waals surface area contributed by atoms with Gasteiger partial charge in [-0.25, -0.2) is 9.98 Å². The van der Waals surface area contributed by atoms with Crippen LogP contribution in [0.2, 0.25) is 0 Å². The van der Waals surface area contributed by atoms with E-state index in [1.54, 1.807) is 4.57 Å². The predicted octanol–water partition coefficient (Wildman–Crippen LogP) is -0.858. The number of aliphatic hydroxyl groups is 2. The molecular weight excluding hydrogens is 356 g/mol. The first-order valence-electron chi connectivity index (χ1n) is 8.86. The van der Waals surface area contributed by atoms with Gasteiger partial charge in [0.15, 0.2) is 11.2 Å². The molecule has 11 heteroatoms. The number of rotatable bonds is 3. The number of amidine groups is 1. The molecule has 0 radical (unpaired) electrons. The average molecular weight is 378 g/mol. The number of aliphatic hydroxyl groups excluding tert-OH is 2. The summed E-state index contributed by atoms with van der Waals surface area (Å²) in [5.41, 5.74) is 0.0936. The van der Waals surface area contributed by atoms with Gasteiger partial charge in [0.25, 0.3) is 5.56 Å². The summed E-state index contributed by atoms with van der Waals surface area (Å²) in [6.07, 6.45) is -0.298. The van der Waals surface area contributed by atoms with Crippen molar-refractivity contribution in [2.75, 3.05) is 32.9 Å². The van der Waals surface area contributed by atoms with E-state index in [1.165, 1.54) is 6.33 Å². The van der Waals surface area contributed by atoms with E-state index in [-0.39, 0.29) is 24.5 Å². The van der Waals surface area contributed by atoms with Crippen molar-refractivity contribution in [3.63, 3.8) is 0 Å². The minimum absolute atomic E-state index is 0.170. The highest BCUT2D eigenvalue weighted by molar-refractivity contribution is 5.82. The van der Waals surface area contributed by atoms with Crippen molar-refractivity contribution in [3.05, 3.63) is 16.7 Å². The summed E-state index contributed by atoms with van der Waals surface area (Å²) in [5, 5.41) is 19.2. The maximum atomic E-state index is 12.4. The Labute approximate surface area is 154 Å². The highest BCUT2D eigenvalue weighted by atomic mass is 16.5. The van der Waals surface area contributed by atoms with Gasteiger partial charge in [0.1, 0.15) is 18.2 Å². The number of nitrogens with one attached hydrogen (secondary N) is 1. The number of hydrogen-bond donors (Lipinski definition) is 3. The minimum atomic E-state index is -0.791. The molecule has 4 heterocycles. The third-order valence-electron chi connectivity index (χ3n) is 4.85. The summed E-state index contributed by atoms with van der Waals surface area (Å²) in [6.45, 7) is 4.31. The second kappa shape index (κ2) is 7.35. The molecule has 3 N–H and O–H groups in total. The summed E-state index contributed by atoms with van der Waals surface area (Å²) in [7, 11) is 0. The van der Waals surface area contributed by atoms with Crippen molar-refractivity contribution in [1.82, 2.24) is 24.4 Å². The molecule has 0 bridgehead atoms. The van der Waals surface area contributed by atoms with Crippen LogP contribution in [0.25, 0.3) is 11.2 Å². The molecular formula is C16H22N6O5. The first-order valence-corrected chi connectivity index (χ1v) is 8.86. The van der Waals surface area contributed by atoms with Gasteiger partial charge in [-0.05, 0) is 6.92 Å². The lowest BCUT2D eigenvalue weighted by molar-refractivity contribution is -0.0432. The SMILES string of the molecule is C/C(=N\c1nc2c(ncn2[C@H]2C[C@@H](O)[C@@H](CO)O2)c(=O)[nH]1)N1CCOCC1. The average Bonchev–Trinajstić information content (AvgIpc) is 3.25. The van der Waals surface area contributed by atoms with Crippen LogP contribution in [0.1, 0.15) is 19.6 Å². The Morgan fingerprint density at radius 3 is 2.93 bits per heavy atom. The summed E-state index contributed by atoms with van der Waals surface area (Å²) in [6, 6.07) is 0. The number of nitrogens with zero attached hydrogens (tertiary/aromatic N) is 5. The van der Waals surface area contributed by atoms with Crippen LogP contribution in [-0.2, 0) is 9.47 Å².